The van der Waals surface area contributed by atoms with Gasteiger partial charge in [0, 0.05) is 6.61 Å². The Hall–Kier alpha value is -0.980. The number of nitrogens with zero attached hydrogens (tertiary/aromatic N) is 2. The molecule has 19 heavy (non-hydrogen) atoms. The average Bonchev–Trinajstić information content (AvgIpc) is 2.65. The highest BCUT2D eigenvalue weighted by Gasteiger charge is 2.37. The lowest BCUT2D eigenvalue weighted by molar-refractivity contribution is -0.149. The second kappa shape index (κ2) is 5.19. The summed E-state index contributed by atoms with van der Waals surface area (Å²) in [6.45, 7) is 1.73. The molecule has 1 aromatic carbocycles. The molecule has 0 N–H and O–H groups in total. The van der Waals surface area contributed by atoms with E-state index in [1.807, 2.05) is 0 Å². The van der Waals surface area contributed by atoms with Crippen molar-refractivity contribution in [2.75, 3.05) is 6.61 Å². The van der Waals surface area contributed by atoms with Crippen LogP contribution in [0.5, 0.6) is 0 Å². The number of aromatic nitrogens is 2. The van der Waals surface area contributed by atoms with Crippen LogP contribution in [0.3, 0.4) is 0 Å². The molecule has 0 unspecified atom stereocenters. The van der Waals surface area contributed by atoms with Crippen LogP contribution in [0.2, 0.25) is 10.0 Å². The molecule has 0 amide bonds. The molecule has 0 saturated heterocycles. The van der Waals surface area contributed by atoms with Crippen LogP contribution >= 0.6 is 23.2 Å². The first-order chi connectivity index (χ1) is 8.84. The van der Waals surface area contributed by atoms with E-state index in [0.717, 1.165) is 4.57 Å². The molecule has 1 heterocycles. The van der Waals surface area contributed by atoms with Gasteiger partial charge in [0.2, 0.25) is 5.82 Å². The van der Waals surface area contributed by atoms with Gasteiger partial charge in [-0.2, -0.15) is 13.2 Å². The van der Waals surface area contributed by atoms with E-state index in [9.17, 15) is 13.2 Å². The normalized spacial score (nSPS) is 12.3. The van der Waals surface area contributed by atoms with Gasteiger partial charge >= 0.3 is 6.18 Å². The van der Waals surface area contributed by atoms with E-state index in [2.05, 4.69) is 4.98 Å². The van der Waals surface area contributed by atoms with Crippen molar-refractivity contribution in [3.63, 3.8) is 0 Å². The number of ether oxygens (including phenoxy) is 1. The van der Waals surface area contributed by atoms with Crippen molar-refractivity contribution in [2.45, 2.75) is 19.8 Å². The van der Waals surface area contributed by atoms with Gasteiger partial charge in [-0.15, -0.1) is 0 Å². The molecule has 2 aromatic rings. The Morgan fingerprint density at radius 2 is 1.89 bits per heavy atom. The molecule has 0 radical (unpaired) electrons. The first kappa shape index (κ1) is 14.4. The van der Waals surface area contributed by atoms with Crippen LogP contribution in [0.1, 0.15) is 12.7 Å². The van der Waals surface area contributed by atoms with Crippen molar-refractivity contribution >= 4 is 34.2 Å². The summed E-state index contributed by atoms with van der Waals surface area (Å²) >= 11 is 11.6. The zero-order chi connectivity index (χ0) is 14.2. The molecule has 0 saturated carbocycles. The maximum Gasteiger partial charge on any atom is 0.449 e. The molecular weight excluding hydrogens is 304 g/mol. The largest absolute Gasteiger partial charge is 0.449 e. The van der Waals surface area contributed by atoms with Crippen molar-refractivity contribution in [3.8, 4) is 0 Å². The maximum atomic E-state index is 12.9. The zero-order valence-corrected chi connectivity index (χ0v) is 11.3. The SMILES string of the molecule is CCOCn1c(C(F)(F)F)nc2cc(Cl)c(Cl)cc21. The molecule has 0 fully saturated rings. The van der Waals surface area contributed by atoms with Gasteiger partial charge in [0.25, 0.3) is 0 Å². The molecule has 1 aromatic heterocycles. The quantitative estimate of drug-likeness (QED) is 0.842. The van der Waals surface area contributed by atoms with Crippen molar-refractivity contribution in [3.05, 3.63) is 28.0 Å². The van der Waals surface area contributed by atoms with Crippen LogP contribution < -0.4 is 0 Å². The lowest BCUT2D eigenvalue weighted by atomic mass is 10.3. The lowest BCUT2D eigenvalue weighted by Gasteiger charge is -2.11. The maximum absolute atomic E-state index is 12.9. The number of imidazole rings is 1. The molecule has 0 aliphatic carbocycles. The van der Waals surface area contributed by atoms with Crippen LogP contribution in [-0.2, 0) is 17.6 Å². The number of rotatable bonds is 3. The molecule has 0 bridgehead atoms. The van der Waals surface area contributed by atoms with E-state index in [1.54, 1.807) is 6.92 Å². The van der Waals surface area contributed by atoms with Crippen molar-refractivity contribution in [1.82, 2.24) is 9.55 Å². The summed E-state index contributed by atoms with van der Waals surface area (Å²) in [5, 5.41) is 0.324. The highest BCUT2D eigenvalue weighted by Crippen LogP contribution is 2.34. The Bertz CT molecular complexity index is 610. The van der Waals surface area contributed by atoms with E-state index < -0.39 is 12.0 Å². The molecule has 0 aliphatic rings. The smallest absolute Gasteiger partial charge is 0.361 e. The summed E-state index contributed by atoms with van der Waals surface area (Å²) in [6.07, 6.45) is -4.57. The molecule has 3 nitrogen and oxygen atoms in total. The molecule has 0 atom stereocenters. The molecular formula is C11H9Cl2F3N2O. The topological polar surface area (TPSA) is 27.1 Å². The lowest BCUT2D eigenvalue weighted by Crippen LogP contribution is -2.16. The van der Waals surface area contributed by atoms with Gasteiger partial charge in [-0.25, -0.2) is 4.98 Å². The van der Waals surface area contributed by atoms with Crippen molar-refractivity contribution in [2.24, 2.45) is 0 Å². The summed E-state index contributed by atoms with van der Waals surface area (Å²) in [6, 6.07) is 2.65. The Kier molecular flexibility index (Phi) is 3.94. The first-order valence-electron chi connectivity index (χ1n) is 5.34. The number of alkyl halides is 3. The van der Waals surface area contributed by atoms with E-state index in [-0.39, 0.29) is 34.4 Å². The number of hydrogen-bond acceptors (Lipinski definition) is 2. The summed E-state index contributed by atoms with van der Waals surface area (Å²) in [4.78, 5) is 3.55. The third-order valence-electron chi connectivity index (χ3n) is 2.47. The number of hydrogen-bond donors (Lipinski definition) is 0. The second-order valence-electron chi connectivity index (χ2n) is 3.74. The highest BCUT2D eigenvalue weighted by molar-refractivity contribution is 6.42. The third-order valence-corrected chi connectivity index (χ3v) is 3.19. The van der Waals surface area contributed by atoms with E-state index >= 15 is 0 Å². The molecule has 0 aliphatic heterocycles. The zero-order valence-electron chi connectivity index (χ0n) is 9.76. The van der Waals surface area contributed by atoms with Crippen molar-refractivity contribution < 1.29 is 17.9 Å². The third kappa shape index (κ3) is 2.80. The minimum absolute atomic E-state index is 0.126. The van der Waals surface area contributed by atoms with E-state index in [0.29, 0.717) is 0 Å². The summed E-state index contributed by atoms with van der Waals surface area (Å²) in [5.41, 5.74) is 0.358. The van der Waals surface area contributed by atoms with Gasteiger partial charge in [-0.3, -0.25) is 4.57 Å². The number of benzene rings is 1. The van der Waals surface area contributed by atoms with Crippen LogP contribution in [-0.4, -0.2) is 16.2 Å². The van der Waals surface area contributed by atoms with Gasteiger partial charge in [0.1, 0.15) is 6.73 Å². The minimum Gasteiger partial charge on any atom is -0.361 e. The second-order valence-corrected chi connectivity index (χ2v) is 4.55. The van der Waals surface area contributed by atoms with Gasteiger partial charge in [-0.05, 0) is 19.1 Å². The van der Waals surface area contributed by atoms with Gasteiger partial charge in [0.05, 0.1) is 21.1 Å². The Balaban J connectivity index is 2.67. The number of fused-ring (bicyclic) bond motifs is 1. The molecule has 0 spiro atoms. The van der Waals surface area contributed by atoms with Gasteiger partial charge < -0.3 is 4.74 Å². The van der Waals surface area contributed by atoms with Crippen LogP contribution in [0.4, 0.5) is 13.2 Å². The fourth-order valence-corrected chi connectivity index (χ4v) is 1.97. The Morgan fingerprint density at radius 1 is 1.26 bits per heavy atom. The highest BCUT2D eigenvalue weighted by atomic mass is 35.5. The fourth-order valence-electron chi connectivity index (χ4n) is 1.65. The van der Waals surface area contributed by atoms with E-state index in [4.69, 9.17) is 27.9 Å². The van der Waals surface area contributed by atoms with E-state index in [1.165, 1.54) is 12.1 Å². The monoisotopic (exact) mass is 312 g/mol. The summed E-state index contributed by atoms with van der Waals surface area (Å²) in [5.74, 6) is -1.03. The molecule has 104 valence electrons. The van der Waals surface area contributed by atoms with Gasteiger partial charge in [0.15, 0.2) is 0 Å². The Labute approximate surface area is 116 Å². The minimum atomic E-state index is -4.57. The standard InChI is InChI=1S/C11H9Cl2F3N2O/c1-2-19-5-18-9-4-7(13)6(12)3-8(9)17-10(18)11(14,15)16/h3-4H,2,5H2,1H3. The van der Waals surface area contributed by atoms with Crippen LogP contribution in [0.15, 0.2) is 12.1 Å². The van der Waals surface area contributed by atoms with Crippen LogP contribution in [0, 0.1) is 0 Å². The summed E-state index contributed by atoms with van der Waals surface area (Å²) in [7, 11) is 0. The van der Waals surface area contributed by atoms with Gasteiger partial charge in [-0.1, -0.05) is 23.2 Å². The Morgan fingerprint density at radius 3 is 2.47 bits per heavy atom. The fraction of sp³-hybridized carbons (Fsp3) is 0.364. The first-order valence-corrected chi connectivity index (χ1v) is 6.10. The predicted molar refractivity (Wildman–Crippen MR) is 66.4 cm³/mol. The van der Waals surface area contributed by atoms with Crippen LogP contribution in [0.25, 0.3) is 11.0 Å². The average molecular weight is 313 g/mol. The van der Waals surface area contributed by atoms with Crippen molar-refractivity contribution in [1.29, 1.82) is 0 Å². The summed E-state index contributed by atoms with van der Waals surface area (Å²) < 4.78 is 44.7. The molecule has 8 heteroatoms. The molecule has 2 rings (SSSR count). The predicted octanol–water partition coefficient (Wildman–Crippen LogP) is 4.36. The number of halogens is 5.